The molecule has 0 unspecified atom stereocenters. The Labute approximate surface area is 376 Å². The first kappa shape index (κ1) is 40.7. The van der Waals surface area contributed by atoms with Crippen LogP contribution in [0.25, 0.3) is 55.6 Å². The van der Waals surface area contributed by atoms with Crippen LogP contribution in [0, 0.1) is 0 Å². The fraction of sp³-hybridized carbons (Fsp3) is 0. The van der Waals surface area contributed by atoms with E-state index in [1.165, 1.54) is 0 Å². The molecule has 0 bridgehead atoms. The summed E-state index contributed by atoms with van der Waals surface area (Å²) in [5.41, 5.74) is 10.7. The maximum absolute atomic E-state index is 15.8. The number of rotatable bonds is 11. The Morgan fingerprint density at radius 2 is 0.281 bits per heavy atom. The molecule has 306 valence electrons. The van der Waals surface area contributed by atoms with Gasteiger partial charge >= 0.3 is 0 Å². The number of benzene rings is 10. The fourth-order valence-corrected chi connectivity index (χ4v) is 13.8. The predicted octanol–water partition coefficient (Wildman–Crippen LogP) is 13.3. The minimum Gasteiger partial charge on any atom is -0.309 e. The van der Waals surface area contributed by atoms with Crippen molar-refractivity contribution in [1.29, 1.82) is 0 Å². The highest BCUT2D eigenvalue weighted by Gasteiger charge is 2.32. The molecule has 0 N–H and O–H groups in total. The lowest BCUT2D eigenvalue weighted by Gasteiger charge is -2.22. The third-order valence-corrected chi connectivity index (χ3v) is 18.3. The Morgan fingerprint density at radius 1 is 0.156 bits per heavy atom. The van der Waals surface area contributed by atoms with Crippen LogP contribution in [-0.2, 0) is 9.13 Å². The van der Waals surface area contributed by atoms with Crippen molar-refractivity contribution in [3.63, 3.8) is 0 Å². The molecule has 0 aliphatic carbocycles. The normalized spacial score (nSPS) is 11.6. The Hall–Kier alpha value is -7.34. The first-order valence-corrected chi connectivity index (χ1v) is 24.9. The highest BCUT2D eigenvalue weighted by atomic mass is 31.2. The molecular formula is C60H44O2P2. The lowest BCUT2D eigenvalue weighted by molar-refractivity contribution is 0.591. The zero-order valence-electron chi connectivity index (χ0n) is 35.1. The molecule has 0 atom stereocenters. The Kier molecular flexibility index (Phi) is 11.3. The summed E-state index contributed by atoms with van der Waals surface area (Å²) in [6.45, 7) is 0. The molecule has 2 nitrogen and oxygen atoms in total. The van der Waals surface area contributed by atoms with Gasteiger partial charge in [-0.25, -0.2) is 0 Å². The average molecular weight is 859 g/mol. The molecular weight excluding hydrogens is 815 g/mol. The van der Waals surface area contributed by atoms with Crippen molar-refractivity contribution in [3.05, 3.63) is 267 Å². The molecule has 0 aliphatic heterocycles. The molecule has 10 rings (SSSR count). The monoisotopic (exact) mass is 858 g/mol. The summed E-state index contributed by atoms with van der Waals surface area (Å²) in [5.74, 6) is 0. The van der Waals surface area contributed by atoms with Crippen molar-refractivity contribution in [2.24, 2.45) is 0 Å². The van der Waals surface area contributed by atoms with Gasteiger partial charge in [0, 0.05) is 31.8 Å². The molecule has 64 heavy (non-hydrogen) atoms. The van der Waals surface area contributed by atoms with Crippen LogP contribution in [0.3, 0.4) is 0 Å². The van der Waals surface area contributed by atoms with Crippen molar-refractivity contribution in [3.8, 4) is 55.6 Å². The molecule has 0 fully saturated rings. The van der Waals surface area contributed by atoms with Gasteiger partial charge in [-0.2, -0.15) is 0 Å². The van der Waals surface area contributed by atoms with Gasteiger partial charge < -0.3 is 9.13 Å². The van der Waals surface area contributed by atoms with Crippen LogP contribution in [0.4, 0.5) is 0 Å². The molecule has 0 aromatic heterocycles. The summed E-state index contributed by atoms with van der Waals surface area (Å²) in [6, 6.07) is 90.0. The van der Waals surface area contributed by atoms with Crippen molar-refractivity contribution in [1.82, 2.24) is 0 Å². The van der Waals surface area contributed by atoms with Crippen molar-refractivity contribution in [2.75, 3.05) is 0 Å². The van der Waals surface area contributed by atoms with E-state index in [0.717, 1.165) is 87.5 Å². The van der Waals surface area contributed by atoms with E-state index >= 15 is 9.13 Å². The van der Waals surface area contributed by atoms with E-state index in [1.54, 1.807) is 0 Å². The molecule has 0 saturated carbocycles. The SMILES string of the molecule is O=P(c1ccc(-c2ccccc2)cc1)(c1ccc(-c2ccccc2)cc1)c1ccc(-c2ccc(P(=O)(c3ccc(-c4ccccc4)cc3)c3ccc(-c4ccccc4)cc3)cc2)cc1. The first-order valence-electron chi connectivity index (χ1n) is 21.5. The van der Waals surface area contributed by atoms with Crippen molar-refractivity contribution >= 4 is 46.1 Å². The van der Waals surface area contributed by atoms with E-state index < -0.39 is 14.3 Å². The Morgan fingerprint density at radius 3 is 0.422 bits per heavy atom. The van der Waals surface area contributed by atoms with Crippen molar-refractivity contribution < 1.29 is 9.13 Å². The molecule has 0 spiro atoms. The molecule has 10 aromatic rings. The van der Waals surface area contributed by atoms with Gasteiger partial charge in [0.25, 0.3) is 0 Å². The quantitative estimate of drug-likeness (QED) is 0.121. The summed E-state index contributed by atoms with van der Waals surface area (Å²) in [4.78, 5) is 0. The minimum atomic E-state index is -3.29. The molecule has 0 amide bonds. The summed E-state index contributed by atoms with van der Waals surface area (Å²) in [5, 5.41) is 4.63. The largest absolute Gasteiger partial charge is 0.309 e. The van der Waals surface area contributed by atoms with Gasteiger partial charge in [0.1, 0.15) is 0 Å². The molecule has 0 aliphatic rings. The zero-order chi connectivity index (χ0) is 43.4. The smallest absolute Gasteiger partial charge is 0.171 e. The maximum atomic E-state index is 15.8. The second-order valence-corrected chi connectivity index (χ2v) is 21.5. The lowest BCUT2D eigenvalue weighted by atomic mass is 10.1. The highest BCUT2D eigenvalue weighted by molar-refractivity contribution is 7.85. The number of hydrogen-bond donors (Lipinski definition) is 0. The van der Waals surface area contributed by atoms with Crippen LogP contribution >= 0.6 is 14.3 Å². The Bertz CT molecular complexity index is 2820. The van der Waals surface area contributed by atoms with Crippen LogP contribution in [0.1, 0.15) is 0 Å². The van der Waals surface area contributed by atoms with Crippen LogP contribution in [-0.4, -0.2) is 0 Å². The molecule has 0 heterocycles. The summed E-state index contributed by atoms with van der Waals surface area (Å²) in [6.07, 6.45) is 0. The second-order valence-electron chi connectivity index (χ2n) is 16.0. The third-order valence-electron chi connectivity index (χ3n) is 12.1. The van der Waals surface area contributed by atoms with Gasteiger partial charge in [-0.1, -0.05) is 267 Å². The topological polar surface area (TPSA) is 34.1 Å². The van der Waals surface area contributed by atoms with Crippen LogP contribution in [0.15, 0.2) is 267 Å². The van der Waals surface area contributed by atoms with Gasteiger partial charge in [0.15, 0.2) is 14.3 Å². The maximum Gasteiger partial charge on any atom is 0.171 e. The van der Waals surface area contributed by atoms with E-state index in [9.17, 15) is 0 Å². The van der Waals surface area contributed by atoms with Gasteiger partial charge in [-0.05, 0) is 55.6 Å². The fourth-order valence-electron chi connectivity index (χ4n) is 8.60. The van der Waals surface area contributed by atoms with Crippen LogP contribution in [0.2, 0.25) is 0 Å². The zero-order valence-corrected chi connectivity index (χ0v) is 36.9. The third kappa shape index (κ3) is 7.95. The molecule has 4 heteroatoms. The molecule has 0 saturated heterocycles. The van der Waals surface area contributed by atoms with Gasteiger partial charge in [-0.3, -0.25) is 0 Å². The summed E-state index contributed by atoms with van der Waals surface area (Å²) in [7, 11) is -6.58. The van der Waals surface area contributed by atoms with Crippen LogP contribution in [0.5, 0.6) is 0 Å². The lowest BCUT2D eigenvalue weighted by Crippen LogP contribution is -2.25. The van der Waals surface area contributed by atoms with Gasteiger partial charge in [0.05, 0.1) is 0 Å². The van der Waals surface area contributed by atoms with E-state index in [-0.39, 0.29) is 0 Å². The second kappa shape index (κ2) is 17.8. The van der Waals surface area contributed by atoms with Gasteiger partial charge in [0.2, 0.25) is 0 Å². The van der Waals surface area contributed by atoms with Gasteiger partial charge in [-0.15, -0.1) is 0 Å². The van der Waals surface area contributed by atoms with E-state index in [0.29, 0.717) is 0 Å². The van der Waals surface area contributed by atoms with E-state index in [2.05, 4.69) is 121 Å². The summed E-state index contributed by atoms with van der Waals surface area (Å²) < 4.78 is 31.5. The predicted molar refractivity (Wildman–Crippen MR) is 272 cm³/mol. The Balaban J connectivity index is 0.995. The van der Waals surface area contributed by atoms with E-state index in [1.807, 2.05) is 146 Å². The van der Waals surface area contributed by atoms with E-state index in [4.69, 9.17) is 0 Å². The minimum absolute atomic E-state index is 0.759. The standard InChI is InChI=1S/C60H44O2P2/c61-63(55-33-21-49(22-34-55)45-13-5-1-6-14-45,56-35-23-50(24-36-56)46-15-7-2-8-16-46)59-41-29-53(30-42-59)54-31-43-60(44-32-54)64(62,57-37-25-51(26-38-57)47-17-9-3-10-18-47)58-39-27-52(28-40-58)48-19-11-4-12-20-48/h1-44H. The average Bonchev–Trinajstić information content (AvgIpc) is 3.39. The number of hydrogen-bond acceptors (Lipinski definition) is 2. The highest BCUT2D eigenvalue weighted by Crippen LogP contribution is 2.45. The molecule has 10 aromatic carbocycles. The summed E-state index contributed by atoms with van der Waals surface area (Å²) >= 11 is 0. The first-order chi connectivity index (χ1) is 31.5. The van der Waals surface area contributed by atoms with Crippen LogP contribution < -0.4 is 31.8 Å². The van der Waals surface area contributed by atoms with Crippen molar-refractivity contribution in [2.45, 2.75) is 0 Å². The molecule has 0 radical (unpaired) electrons.